The van der Waals surface area contributed by atoms with Gasteiger partial charge in [-0.25, -0.2) is 0 Å². The van der Waals surface area contributed by atoms with Crippen LogP contribution in [0.15, 0.2) is 36.9 Å². The lowest BCUT2D eigenvalue weighted by Crippen LogP contribution is -2.18. The summed E-state index contributed by atoms with van der Waals surface area (Å²) in [6.45, 7) is 8.28. The minimum Gasteiger partial charge on any atom is -0.382 e. The summed E-state index contributed by atoms with van der Waals surface area (Å²) >= 11 is 0. The van der Waals surface area contributed by atoms with Gasteiger partial charge in [0, 0.05) is 11.7 Å². The van der Waals surface area contributed by atoms with Gasteiger partial charge in [0.05, 0.1) is 0 Å². The third-order valence-electron chi connectivity index (χ3n) is 3.50. The Hall–Kier alpha value is -1.24. The molecule has 1 heteroatoms. The quantitative estimate of drug-likeness (QED) is 0.419. The highest BCUT2D eigenvalue weighted by Crippen LogP contribution is 2.16. The van der Waals surface area contributed by atoms with Crippen molar-refractivity contribution in [2.24, 2.45) is 0 Å². The van der Waals surface area contributed by atoms with Crippen molar-refractivity contribution in [1.29, 1.82) is 0 Å². The minimum atomic E-state index is 0.529. The number of aryl methyl sites for hydroxylation is 1. The number of hydrogen-bond donors (Lipinski definition) is 1. The van der Waals surface area contributed by atoms with Crippen LogP contribution >= 0.6 is 0 Å². The summed E-state index contributed by atoms with van der Waals surface area (Å²) in [5.41, 5.74) is 2.55. The lowest BCUT2D eigenvalue weighted by molar-refractivity contribution is 0.562. The van der Waals surface area contributed by atoms with Crippen LogP contribution in [0.2, 0.25) is 0 Å². The van der Waals surface area contributed by atoms with Crippen LogP contribution < -0.4 is 5.32 Å². The van der Waals surface area contributed by atoms with Crippen molar-refractivity contribution in [3.63, 3.8) is 0 Å². The van der Waals surface area contributed by atoms with Crippen LogP contribution in [0.25, 0.3) is 0 Å². The first-order chi connectivity index (χ1) is 9.26. The van der Waals surface area contributed by atoms with Crippen molar-refractivity contribution < 1.29 is 0 Å². The first kappa shape index (κ1) is 15.8. The topological polar surface area (TPSA) is 12.0 Å². The fraction of sp³-hybridized carbons (Fsp3) is 0.556. The summed E-state index contributed by atoms with van der Waals surface area (Å²) in [5.74, 6) is 0. The van der Waals surface area contributed by atoms with Crippen molar-refractivity contribution in [2.75, 3.05) is 5.32 Å². The van der Waals surface area contributed by atoms with E-state index in [1.54, 1.807) is 0 Å². The molecule has 0 aliphatic rings. The Labute approximate surface area is 119 Å². The van der Waals surface area contributed by atoms with Crippen molar-refractivity contribution in [1.82, 2.24) is 0 Å². The Morgan fingerprint density at radius 1 is 1.21 bits per heavy atom. The average molecular weight is 259 g/mol. The van der Waals surface area contributed by atoms with Crippen molar-refractivity contribution in [3.8, 4) is 0 Å². The van der Waals surface area contributed by atoms with Gasteiger partial charge in [0.2, 0.25) is 0 Å². The Bertz CT molecular complexity index is 356. The van der Waals surface area contributed by atoms with Gasteiger partial charge >= 0.3 is 0 Å². The number of anilines is 1. The van der Waals surface area contributed by atoms with E-state index in [9.17, 15) is 0 Å². The van der Waals surface area contributed by atoms with E-state index in [0.29, 0.717) is 6.04 Å². The van der Waals surface area contributed by atoms with Crippen molar-refractivity contribution in [2.45, 2.75) is 64.8 Å². The fourth-order valence-electron chi connectivity index (χ4n) is 2.41. The Kier molecular flexibility index (Phi) is 8.04. The molecule has 0 radical (unpaired) electrons. The van der Waals surface area contributed by atoms with Gasteiger partial charge in [0.15, 0.2) is 0 Å². The average Bonchev–Trinajstić information content (AvgIpc) is 2.38. The normalized spacial score (nSPS) is 12.1. The van der Waals surface area contributed by atoms with Crippen LogP contribution in [0.1, 0.15) is 57.4 Å². The monoisotopic (exact) mass is 259 g/mol. The SMILES string of the molecule is C=CCC(CCCCCCC)Nc1cccc(C)c1. The molecule has 1 atom stereocenters. The van der Waals surface area contributed by atoms with Gasteiger partial charge in [-0.2, -0.15) is 0 Å². The number of unbranched alkanes of at least 4 members (excludes halogenated alkanes) is 4. The number of nitrogens with one attached hydrogen (secondary N) is 1. The number of rotatable bonds is 10. The molecule has 0 aliphatic carbocycles. The van der Waals surface area contributed by atoms with Gasteiger partial charge in [0.1, 0.15) is 0 Å². The van der Waals surface area contributed by atoms with E-state index < -0.39 is 0 Å². The molecule has 19 heavy (non-hydrogen) atoms. The van der Waals surface area contributed by atoms with E-state index in [2.05, 4.69) is 50.0 Å². The smallest absolute Gasteiger partial charge is 0.0345 e. The molecule has 0 saturated carbocycles. The maximum atomic E-state index is 3.88. The first-order valence-electron chi connectivity index (χ1n) is 7.70. The van der Waals surface area contributed by atoms with Crippen LogP contribution in [-0.4, -0.2) is 6.04 Å². The summed E-state index contributed by atoms with van der Waals surface area (Å²) < 4.78 is 0. The highest BCUT2D eigenvalue weighted by Gasteiger charge is 2.06. The Morgan fingerprint density at radius 2 is 2.00 bits per heavy atom. The molecule has 1 N–H and O–H groups in total. The van der Waals surface area contributed by atoms with E-state index in [0.717, 1.165) is 6.42 Å². The molecule has 1 aromatic carbocycles. The molecule has 1 unspecified atom stereocenters. The first-order valence-corrected chi connectivity index (χ1v) is 7.70. The zero-order chi connectivity index (χ0) is 13.9. The molecule has 0 amide bonds. The molecule has 0 aromatic heterocycles. The molecule has 0 fully saturated rings. The third kappa shape index (κ3) is 7.05. The third-order valence-corrected chi connectivity index (χ3v) is 3.50. The second kappa shape index (κ2) is 9.66. The van der Waals surface area contributed by atoms with E-state index in [1.165, 1.54) is 49.8 Å². The highest BCUT2D eigenvalue weighted by atomic mass is 14.9. The maximum absolute atomic E-state index is 3.88. The lowest BCUT2D eigenvalue weighted by atomic mass is 10.0. The summed E-state index contributed by atoms with van der Waals surface area (Å²) in [7, 11) is 0. The van der Waals surface area contributed by atoms with Crippen LogP contribution in [0.5, 0.6) is 0 Å². The van der Waals surface area contributed by atoms with Crippen LogP contribution in [0.3, 0.4) is 0 Å². The zero-order valence-corrected chi connectivity index (χ0v) is 12.6. The Balaban J connectivity index is 2.37. The fourth-order valence-corrected chi connectivity index (χ4v) is 2.41. The Morgan fingerprint density at radius 3 is 2.68 bits per heavy atom. The molecule has 1 nitrogen and oxygen atoms in total. The summed E-state index contributed by atoms with van der Waals surface area (Å²) in [6.07, 6.45) is 11.1. The molecule has 0 saturated heterocycles. The van der Waals surface area contributed by atoms with Gasteiger partial charge < -0.3 is 5.32 Å². The highest BCUT2D eigenvalue weighted by molar-refractivity contribution is 5.46. The number of hydrogen-bond acceptors (Lipinski definition) is 1. The lowest BCUT2D eigenvalue weighted by Gasteiger charge is -2.19. The number of benzene rings is 1. The predicted molar refractivity (Wildman–Crippen MR) is 86.8 cm³/mol. The summed E-state index contributed by atoms with van der Waals surface area (Å²) in [4.78, 5) is 0. The molecule has 0 spiro atoms. The van der Waals surface area contributed by atoms with E-state index >= 15 is 0 Å². The van der Waals surface area contributed by atoms with E-state index in [1.807, 2.05) is 6.08 Å². The van der Waals surface area contributed by atoms with Gasteiger partial charge in [-0.05, 0) is 37.5 Å². The minimum absolute atomic E-state index is 0.529. The molecule has 0 heterocycles. The molecular formula is C18H29N. The molecule has 0 bridgehead atoms. The van der Waals surface area contributed by atoms with E-state index in [-0.39, 0.29) is 0 Å². The summed E-state index contributed by atoms with van der Waals surface area (Å²) in [5, 5.41) is 3.64. The largest absolute Gasteiger partial charge is 0.382 e. The van der Waals surface area contributed by atoms with Crippen molar-refractivity contribution >= 4 is 5.69 Å². The van der Waals surface area contributed by atoms with Gasteiger partial charge in [0.25, 0.3) is 0 Å². The van der Waals surface area contributed by atoms with E-state index in [4.69, 9.17) is 0 Å². The molecule has 0 aliphatic heterocycles. The molecular weight excluding hydrogens is 230 g/mol. The molecule has 1 rings (SSSR count). The summed E-state index contributed by atoms with van der Waals surface area (Å²) in [6, 6.07) is 9.15. The second-order valence-corrected chi connectivity index (χ2v) is 5.44. The van der Waals surface area contributed by atoms with Crippen LogP contribution in [0, 0.1) is 6.92 Å². The van der Waals surface area contributed by atoms with Crippen molar-refractivity contribution in [3.05, 3.63) is 42.5 Å². The maximum Gasteiger partial charge on any atom is 0.0345 e. The standard InChI is InChI=1S/C18H29N/c1-4-6-7-8-9-13-17(11-5-2)19-18-14-10-12-16(3)15-18/h5,10,12,14-15,17,19H,2,4,6-9,11,13H2,1,3H3. The van der Waals surface area contributed by atoms with Crippen LogP contribution in [0.4, 0.5) is 5.69 Å². The van der Waals surface area contributed by atoms with Gasteiger partial charge in [-0.15, -0.1) is 6.58 Å². The van der Waals surface area contributed by atoms with Gasteiger partial charge in [-0.1, -0.05) is 57.2 Å². The molecule has 106 valence electrons. The predicted octanol–water partition coefficient (Wildman–Crippen LogP) is 5.71. The van der Waals surface area contributed by atoms with Crippen LogP contribution in [-0.2, 0) is 0 Å². The second-order valence-electron chi connectivity index (χ2n) is 5.44. The van der Waals surface area contributed by atoms with Gasteiger partial charge in [-0.3, -0.25) is 0 Å². The zero-order valence-electron chi connectivity index (χ0n) is 12.6. The molecule has 1 aromatic rings.